The fraction of sp³-hybridized carbons (Fsp3) is 0.500. The van der Waals surface area contributed by atoms with Gasteiger partial charge in [0.2, 0.25) is 0 Å². The summed E-state index contributed by atoms with van der Waals surface area (Å²) in [6.45, 7) is 6.90. The second kappa shape index (κ2) is 5.43. The van der Waals surface area contributed by atoms with E-state index in [4.69, 9.17) is 4.98 Å². The lowest BCUT2D eigenvalue weighted by Gasteiger charge is -2.35. The van der Waals surface area contributed by atoms with Crippen molar-refractivity contribution in [1.29, 1.82) is 0 Å². The van der Waals surface area contributed by atoms with Crippen molar-refractivity contribution in [3.8, 4) is 0 Å². The molecule has 2 heteroatoms. The minimum absolute atomic E-state index is 0.561. The van der Waals surface area contributed by atoms with Gasteiger partial charge in [0.25, 0.3) is 0 Å². The summed E-state index contributed by atoms with van der Waals surface area (Å²) in [7, 11) is 0. The normalized spacial score (nSPS) is 26.6. The van der Waals surface area contributed by atoms with Gasteiger partial charge in [-0.15, -0.1) is 0 Å². The van der Waals surface area contributed by atoms with Gasteiger partial charge in [0.15, 0.2) is 0 Å². The van der Waals surface area contributed by atoms with Gasteiger partial charge < -0.3 is 5.32 Å². The molecule has 0 radical (unpaired) electrons. The molecule has 106 valence electrons. The van der Waals surface area contributed by atoms with Gasteiger partial charge in [0.05, 0.1) is 5.52 Å². The van der Waals surface area contributed by atoms with Crippen molar-refractivity contribution in [2.45, 2.75) is 46.1 Å². The maximum atomic E-state index is 4.82. The fourth-order valence-electron chi connectivity index (χ4n) is 3.33. The smallest absolute Gasteiger partial charge is 0.129 e. The Hall–Kier alpha value is -1.57. The third kappa shape index (κ3) is 2.52. The number of hydrogen-bond donors (Lipinski definition) is 1. The van der Waals surface area contributed by atoms with Crippen LogP contribution in [0, 0.1) is 18.8 Å². The van der Waals surface area contributed by atoms with Gasteiger partial charge in [0.1, 0.15) is 5.82 Å². The summed E-state index contributed by atoms with van der Waals surface area (Å²) in [5.74, 6) is 2.59. The summed E-state index contributed by atoms with van der Waals surface area (Å²) in [6.07, 6.45) is 3.96. The number of fused-ring (bicyclic) bond motifs is 1. The van der Waals surface area contributed by atoms with Gasteiger partial charge >= 0.3 is 0 Å². The summed E-state index contributed by atoms with van der Waals surface area (Å²) >= 11 is 0. The van der Waals surface area contributed by atoms with Crippen LogP contribution in [0.15, 0.2) is 30.3 Å². The zero-order chi connectivity index (χ0) is 14.1. The molecule has 1 saturated carbocycles. The molecule has 3 unspecified atom stereocenters. The molecule has 1 fully saturated rings. The van der Waals surface area contributed by atoms with Gasteiger partial charge in [-0.05, 0) is 42.9 Å². The van der Waals surface area contributed by atoms with E-state index in [1.165, 1.54) is 30.2 Å². The van der Waals surface area contributed by atoms with Crippen molar-refractivity contribution in [2.75, 3.05) is 5.32 Å². The molecular formula is C18H24N2. The van der Waals surface area contributed by atoms with Crippen molar-refractivity contribution in [3.63, 3.8) is 0 Å². The summed E-state index contributed by atoms with van der Waals surface area (Å²) in [5, 5.41) is 4.93. The quantitative estimate of drug-likeness (QED) is 0.847. The molecule has 1 aliphatic rings. The average molecular weight is 268 g/mol. The molecular weight excluding hydrogens is 244 g/mol. The van der Waals surface area contributed by atoms with Crippen molar-refractivity contribution in [3.05, 3.63) is 35.9 Å². The molecule has 0 amide bonds. The molecule has 1 aromatic heterocycles. The molecule has 1 aliphatic carbocycles. The monoisotopic (exact) mass is 268 g/mol. The van der Waals surface area contributed by atoms with Gasteiger partial charge in [0, 0.05) is 11.4 Å². The van der Waals surface area contributed by atoms with E-state index in [9.17, 15) is 0 Å². The number of rotatable bonds is 2. The lowest BCUT2D eigenvalue weighted by atomic mass is 9.78. The minimum Gasteiger partial charge on any atom is -0.367 e. The summed E-state index contributed by atoms with van der Waals surface area (Å²) in [6, 6.07) is 11.1. The molecule has 20 heavy (non-hydrogen) atoms. The first-order valence-electron chi connectivity index (χ1n) is 7.78. The van der Waals surface area contributed by atoms with Crippen LogP contribution in [0.4, 0.5) is 5.82 Å². The zero-order valence-electron chi connectivity index (χ0n) is 12.7. The number of pyridine rings is 1. The Bertz CT molecular complexity index is 605. The van der Waals surface area contributed by atoms with Crippen LogP contribution in [0.5, 0.6) is 0 Å². The highest BCUT2D eigenvalue weighted by molar-refractivity contribution is 5.81. The zero-order valence-corrected chi connectivity index (χ0v) is 12.7. The van der Waals surface area contributed by atoms with E-state index in [1.54, 1.807) is 0 Å². The second-order valence-electron chi connectivity index (χ2n) is 6.36. The number of nitrogens with zero attached hydrogens (tertiary/aromatic N) is 1. The van der Waals surface area contributed by atoms with Crippen LogP contribution in [0.2, 0.25) is 0 Å². The van der Waals surface area contributed by atoms with Gasteiger partial charge in [-0.25, -0.2) is 4.98 Å². The largest absolute Gasteiger partial charge is 0.367 e. The SMILES string of the molecule is Cc1cc2ccccc2nc1NC1CCCC(C)C1C. The molecule has 2 nitrogen and oxygen atoms in total. The van der Waals surface area contributed by atoms with Crippen LogP contribution in [0.25, 0.3) is 10.9 Å². The van der Waals surface area contributed by atoms with Crippen molar-refractivity contribution >= 4 is 16.7 Å². The first-order valence-corrected chi connectivity index (χ1v) is 7.78. The van der Waals surface area contributed by atoms with Crippen LogP contribution in [0.3, 0.4) is 0 Å². The fourth-order valence-corrected chi connectivity index (χ4v) is 3.33. The van der Waals surface area contributed by atoms with Crippen molar-refractivity contribution in [2.24, 2.45) is 11.8 Å². The third-order valence-corrected chi connectivity index (χ3v) is 4.94. The number of benzene rings is 1. The van der Waals surface area contributed by atoms with E-state index in [2.05, 4.69) is 56.4 Å². The number of aryl methyl sites for hydroxylation is 1. The first-order chi connectivity index (χ1) is 9.65. The Morgan fingerprint density at radius 3 is 2.80 bits per heavy atom. The van der Waals surface area contributed by atoms with Crippen LogP contribution in [-0.2, 0) is 0 Å². The molecule has 1 N–H and O–H groups in total. The van der Waals surface area contributed by atoms with E-state index in [0.717, 1.165) is 23.2 Å². The summed E-state index contributed by atoms with van der Waals surface area (Å²) in [4.78, 5) is 4.82. The van der Waals surface area contributed by atoms with Crippen LogP contribution < -0.4 is 5.32 Å². The van der Waals surface area contributed by atoms with Crippen LogP contribution in [-0.4, -0.2) is 11.0 Å². The Morgan fingerprint density at radius 1 is 1.15 bits per heavy atom. The lowest BCUT2D eigenvalue weighted by molar-refractivity contribution is 0.253. The predicted octanol–water partition coefficient (Wildman–Crippen LogP) is 4.78. The lowest BCUT2D eigenvalue weighted by Crippen LogP contribution is -2.35. The van der Waals surface area contributed by atoms with Crippen LogP contribution in [0.1, 0.15) is 38.7 Å². The first kappa shape index (κ1) is 13.4. The highest BCUT2D eigenvalue weighted by Gasteiger charge is 2.27. The Labute approximate surface area is 121 Å². The van der Waals surface area contributed by atoms with E-state index in [1.807, 2.05) is 0 Å². The highest BCUT2D eigenvalue weighted by atomic mass is 15.0. The molecule has 0 aliphatic heterocycles. The standard InChI is InChI=1S/C18H24N2/c1-12-7-6-10-16(14(12)3)19-18-13(2)11-15-8-4-5-9-17(15)20-18/h4-5,8-9,11-12,14,16H,6-7,10H2,1-3H3,(H,19,20). The maximum absolute atomic E-state index is 4.82. The number of aromatic nitrogens is 1. The molecule has 1 aromatic carbocycles. The topological polar surface area (TPSA) is 24.9 Å². The second-order valence-corrected chi connectivity index (χ2v) is 6.36. The van der Waals surface area contributed by atoms with E-state index in [-0.39, 0.29) is 0 Å². The van der Waals surface area contributed by atoms with Crippen LogP contribution >= 0.6 is 0 Å². The number of nitrogens with one attached hydrogen (secondary N) is 1. The van der Waals surface area contributed by atoms with E-state index in [0.29, 0.717) is 6.04 Å². The molecule has 0 spiro atoms. The van der Waals surface area contributed by atoms with Crippen molar-refractivity contribution < 1.29 is 0 Å². The van der Waals surface area contributed by atoms with Crippen molar-refractivity contribution in [1.82, 2.24) is 4.98 Å². The minimum atomic E-state index is 0.561. The molecule has 1 heterocycles. The molecule has 0 bridgehead atoms. The molecule has 0 saturated heterocycles. The number of para-hydroxylation sites is 1. The van der Waals surface area contributed by atoms with E-state index < -0.39 is 0 Å². The highest BCUT2D eigenvalue weighted by Crippen LogP contribution is 2.32. The Kier molecular flexibility index (Phi) is 3.64. The molecule has 3 atom stereocenters. The summed E-state index contributed by atoms with van der Waals surface area (Å²) in [5.41, 5.74) is 2.33. The number of hydrogen-bond acceptors (Lipinski definition) is 2. The molecule has 2 aromatic rings. The molecule has 3 rings (SSSR count). The Balaban J connectivity index is 1.88. The van der Waals surface area contributed by atoms with Gasteiger partial charge in [-0.2, -0.15) is 0 Å². The maximum Gasteiger partial charge on any atom is 0.129 e. The Morgan fingerprint density at radius 2 is 1.95 bits per heavy atom. The number of anilines is 1. The average Bonchev–Trinajstić information content (AvgIpc) is 2.44. The van der Waals surface area contributed by atoms with Gasteiger partial charge in [-0.3, -0.25) is 0 Å². The summed E-state index contributed by atoms with van der Waals surface area (Å²) < 4.78 is 0. The predicted molar refractivity (Wildman–Crippen MR) is 86.1 cm³/mol. The van der Waals surface area contributed by atoms with Gasteiger partial charge in [-0.1, -0.05) is 44.9 Å². The van der Waals surface area contributed by atoms with E-state index >= 15 is 0 Å². The third-order valence-electron chi connectivity index (χ3n) is 4.94.